The second-order valence-corrected chi connectivity index (χ2v) is 7.72. The van der Waals surface area contributed by atoms with Crippen molar-refractivity contribution in [1.29, 1.82) is 0 Å². The summed E-state index contributed by atoms with van der Waals surface area (Å²) in [5, 5.41) is 0. The molecule has 2 heteroatoms. The molecule has 1 aromatic heterocycles. The molecule has 146 valence electrons. The van der Waals surface area contributed by atoms with Gasteiger partial charge in [0.2, 0.25) is 0 Å². The SMILES string of the molecule is CCCCCCCCCCCCCCCC[n+]1cc(C)cc(C)c1.[Br-]. The number of nitrogens with zero attached hydrogens (tertiary/aromatic N) is 1. The van der Waals surface area contributed by atoms with E-state index in [-0.39, 0.29) is 17.0 Å². The van der Waals surface area contributed by atoms with Crippen molar-refractivity contribution in [1.82, 2.24) is 0 Å². The van der Waals surface area contributed by atoms with Crippen LogP contribution < -0.4 is 21.5 Å². The minimum Gasteiger partial charge on any atom is -1.00 e. The molecule has 0 aliphatic carbocycles. The van der Waals surface area contributed by atoms with Gasteiger partial charge in [-0.25, -0.2) is 4.57 Å². The Hall–Kier alpha value is -0.370. The van der Waals surface area contributed by atoms with Crippen molar-refractivity contribution >= 4 is 0 Å². The van der Waals surface area contributed by atoms with Gasteiger partial charge in [0.05, 0.1) is 0 Å². The van der Waals surface area contributed by atoms with Gasteiger partial charge in [0.1, 0.15) is 6.54 Å². The molecule has 0 N–H and O–H groups in total. The molecule has 0 spiro atoms. The molecule has 0 saturated carbocycles. The van der Waals surface area contributed by atoms with Crippen LogP contribution in [-0.4, -0.2) is 0 Å². The molecule has 1 aromatic rings. The summed E-state index contributed by atoms with van der Waals surface area (Å²) in [4.78, 5) is 0. The van der Waals surface area contributed by atoms with Crippen LogP contribution in [0.1, 0.15) is 108 Å². The van der Waals surface area contributed by atoms with E-state index in [9.17, 15) is 0 Å². The van der Waals surface area contributed by atoms with E-state index in [2.05, 4.69) is 43.8 Å². The predicted octanol–water partition coefficient (Wildman–Crippen LogP) is 4.08. The first-order chi connectivity index (χ1) is 11.7. The Morgan fingerprint density at radius 3 is 1.36 bits per heavy atom. The summed E-state index contributed by atoms with van der Waals surface area (Å²) in [7, 11) is 0. The fraction of sp³-hybridized carbons (Fsp3) is 0.783. The lowest BCUT2D eigenvalue weighted by molar-refractivity contribution is -0.698. The number of halogens is 1. The van der Waals surface area contributed by atoms with Crippen LogP contribution in [0.25, 0.3) is 0 Å². The van der Waals surface area contributed by atoms with Crippen molar-refractivity contribution in [3.05, 3.63) is 29.6 Å². The highest BCUT2D eigenvalue weighted by molar-refractivity contribution is 5.11. The molecule has 1 nitrogen and oxygen atoms in total. The van der Waals surface area contributed by atoms with Gasteiger partial charge >= 0.3 is 0 Å². The monoisotopic (exact) mass is 411 g/mol. The molecular formula is C23H42BrN. The topological polar surface area (TPSA) is 3.88 Å². The minimum atomic E-state index is 0. The van der Waals surface area contributed by atoms with E-state index in [1.54, 1.807) is 0 Å². The number of unbranched alkanes of at least 4 members (excludes halogenated alkanes) is 13. The lowest BCUT2D eigenvalue weighted by Gasteiger charge is -2.03. The van der Waals surface area contributed by atoms with Gasteiger partial charge in [0.15, 0.2) is 12.4 Å². The Morgan fingerprint density at radius 1 is 0.600 bits per heavy atom. The van der Waals surface area contributed by atoms with Gasteiger partial charge in [-0.05, 0) is 26.3 Å². The number of pyridine rings is 1. The number of aryl methyl sites for hydroxylation is 3. The van der Waals surface area contributed by atoms with Crippen molar-refractivity contribution in [2.24, 2.45) is 0 Å². The molecule has 1 heterocycles. The maximum absolute atomic E-state index is 2.37. The van der Waals surface area contributed by atoms with Crippen molar-refractivity contribution < 1.29 is 21.5 Å². The largest absolute Gasteiger partial charge is 1.00 e. The van der Waals surface area contributed by atoms with Gasteiger partial charge < -0.3 is 17.0 Å². The van der Waals surface area contributed by atoms with Crippen molar-refractivity contribution in [3.8, 4) is 0 Å². The zero-order chi connectivity index (χ0) is 17.5. The molecule has 0 fully saturated rings. The third-order valence-electron chi connectivity index (χ3n) is 4.96. The summed E-state index contributed by atoms with van der Waals surface area (Å²) in [6, 6.07) is 2.25. The highest BCUT2D eigenvalue weighted by Gasteiger charge is 2.02. The summed E-state index contributed by atoms with van der Waals surface area (Å²) >= 11 is 0. The molecule has 0 aliphatic heterocycles. The van der Waals surface area contributed by atoms with Gasteiger partial charge in [0, 0.05) is 17.5 Å². The number of hydrogen-bond acceptors (Lipinski definition) is 0. The van der Waals surface area contributed by atoms with Crippen LogP contribution in [0.3, 0.4) is 0 Å². The van der Waals surface area contributed by atoms with Crippen LogP contribution in [0.2, 0.25) is 0 Å². The number of hydrogen-bond donors (Lipinski definition) is 0. The van der Waals surface area contributed by atoms with E-state index in [0.29, 0.717) is 0 Å². The van der Waals surface area contributed by atoms with Crippen LogP contribution in [-0.2, 0) is 6.54 Å². The average Bonchev–Trinajstić information content (AvgIpc) is 2.54. The normalized spacial score (nSPS) is 10.7. The van der Waals surface area contributed by atoms with Gasteiger partial charge in [-0.15, -0.1) is 0 Å². The molecule has 0 aromatic carbocycles. The highest BCUT2D eigenvalue weighted by atomic mass is 79.9. The Morgan fingerprint density at radius 2 is 0.960 bits per heavy atom. The van der Waals surface area contributed by atoms with Gasteiger partial charge in [-0.2, -0.15) is 0 Å². The van der Waals surface area contributed by atoms with Crippen molar-refractivity contribution in [2.45, 2.75) is 117 Å². The third-order valence-corrected chi connectivity index (χ3v) is 4.96. The lowest BCUT2D eigenvalue weighted by atomic mass is 10.0. The third kappa shape index (κ3) is 14.5. The van der Waals surface area contributed by atoms with Crippen molar-refractivity contribution in [3.63, 3.8) is 0 Å². The minimum absolute atomic E-state index is 0. The summed E-state index contributed by atoms with van der Waals surface area (Å²) in [6.07, 6.45) is 24.6. The first-order valence-corrected chi connectivity index (χ1v) is 10.7. The lowest BCUT2D eigenvalue weighted by Crippen LogP contribution is -3.00. The summed E-state index contributed by atoms with van der Waals surface area (Å²) in [5.74, 6) is 0. The average molecular weight is 412 g/mol. The number of aromatic nitrogens is 1. The number of rotatable bonds is 15. The van der Waals surface area contributed by atoms with Crippen molar-refractivity contribution in [2.75, 3.05) is 0 Å². The zero-order valence-electron chi connectivity index (χ0n) is 17.2. The molecule has 0 saturated heterocycles. The molecule has 0 unspecified atom stereocenters. The first-order valence-electron chi connectivity index (χ1n) is 10.7. The molecular weight excluding hydrogens is 370 g/mol. The summed E-state index contributed by atoms with van der Waals surface area (Å²) in [6.45, 7) is 7.85. The summed E-state index contributed by atoms with van der Waals surface area (Å²) < 4.78 is 2.37. The Kier molecular flexibility index (Phi) is 16.8. The van der Waals surface area contributed by atoms with Crippen LogP contribution >= 0.6 is 0 Å². The van der Waals surface area contributed by atoms with E-state index >= 15 is 0 Å². The fourth-order valence-corrected chi connectivity index (χ4v) is 3.61. The van der Waals surface area contributed by atoms with Gasteiger partial charge in [0.25, 0.3) is 0 Å². The predicted molar refractivity (Wildman–Crippen MR) is 106 cm³/mol. The van der Waals surface area contributed by atoms with Crippen LogP contribution in [0.15, 0.2) is 18.5 Å². The van der Waals surface area contributed by atoms with Crippen LogP contribution in [0, 0.1) is 13.8 Å². The van der Waals surface area contributed by atoms with E-state index in [1.807, 2.05) is 0 Å². The van der Waals surface area contributed by atoms with E-state index in [1.165, 1.54) is 108 Å². The fourth-order valence-electron chi connectivity index (χ4n) is 3.61. The zero-order valence-corrected chi connectivity index (χ0v) is 18.7. The quantitative estimate of drug-likeness (QED) is 0.302. The Bertz CT molecular complexity index is 396. The maximum atomic E-state index is 2.37. The second-order valence-electron chi connectivity index (χ2n) is 7.72. The first kappa shape index (κ1) is 24.6. The molecule has 0 aliphatic rings. The van der Waals surface area contributed by atoms with Crippen LogP contribution in [0.5, 0.6) is 0 Å². The molecule has 0 atom stereocenters. The Balaban J connectivity index is 0.00000576. The molecule has 0 amide bonds. The van der Waals surface area contributed by atoms with Gasteiger partial charge in [-0.3, -0.25) is 0 Å². The van der Waals surface area contributed by atoms with Gasteiger partial charge in [-0.1, -0.05) is 84.0 Å². The maximum Gasteiger partial charge on any atom is 0.171 e. The van der Waals surface area contributed by atoms with E-state index in [4.69, 9.17) is 0 Å². The summed E-state index contributed by atoms with van der Waals surface area (Å²) in [5.41, 5.74) is 2.75. The molecule has 0 bridgehead atoms. The highest BCUT2D eigenvalue weighted by Crippen LogP contribution is 2.12. The molecule has 1 rings (SSSR count). The molecule has 0 radical (unpaired) electrons. The smallest absolute Gasteiger partial charge is 0.171 e. The Labute approximate surface area is 168 Å². The standard InChI is InChI=1S/C23H42N.BrH/c1-4-5-6-7-8-9-10-11-12-13-14-15-16-17-18-24-20-22(2)19-23(3)21-24;/h19-21H,4-18H2,1-3H3;1H/q+1;/p-1. The van der Waals surface area contributed by atoms with Crippen LogP contribution in [0.4, 0.5) is 0 Å². The van der Waals surface area contributed by atoms with E-state index in [0.717, 1.165) is 0 Å². The molecule has 25 heavy (non-hydrogen) atoms. The van der Waals surface area contributed by atoms with E-state index < -0.39 is 0 Å². The second kappa shape index (κ2) is 17.1.